The van der Waals surface area contributed by atoms with Crippen LogP contribution in [0.25, 0.3) is 11.5 Å². The Morgan fingerprint density at radius 3 is 2.96 bits per heavy atom. The molecule has 6 heteroatoms. The standard InChI is InChI=1S/C21H27N3O2.ClH/c1-15-5-7-16(8-6-15)19-24-18(13-26-19)9-11-23-20(25)21-10-3-2-4-17(21)12-22-14-21;/h5-8,13,17,22H,2-4,9-12,14H2,1H3,(H,23,25);1H/t17-,21+;/m0./s1. The maximum Gasteiger partial charge on any atom is 0.227 e. The molecule has 2 atom stereocenters. The molecule has 2 fully saturated rings. The molecule has 5 nitrogen and oxygen atoms in total. The Morgan fingerprint density at radius 2 is 2.15 bits per heavy atom. The zero-order valence-electron chi connectivity index (χ0n) is 15.8. The molecule has 0 unspecified atom stereocenters. The molecule has 1 aliphatic heterocycles. The molecule has 0 radical (unpaired) electrons. The monoisotopic (exact) mass is 389 g/mol. The van der Waals surface area contributed by atoms with Crippen molar-refractivity contribution in [3.63, 3.8) is 0 Å². The Kier molecular flexibility index (Phi) is 6.22. The fourth-order valence-corrected chi connectivity index (χ4v) is 4.42. The summed E-state index contributed by atoms with van der Waals surface area (Å²) in [7, 11) is 0. The average Bonchev–Trinajstić information content (AvgIpc) is 3.30. The smallest absolute Gasteiger partial charge is 0.227 e. The summed E-state index contributed by atoms with van der Waals surface area (Å²) < 4.78 is 5.60. The van der Waals surface area contributed by atoms with Crippen LogP contribution in [0.5, 0.6) is 0 Å². The van der Waals surface area contributed by atoms with E-state index in [1.54, 1.807) is 6.26 Å². The second-order valence-corrected chi connectivity index (χ2v) is 7.75. The number of aryl methyl sites for hydroxylation is 1. The normalized spacial score (nSPS) is 24.1. The van der Waals surface area contributed by atoms with Gasteiger partial charge in [0.25, 0.3) is 0 Å². The molecule has 1 aliphatic carbocycles. The number of fused-ring (bicyclic) bond motifs is 1. The highest BCUT2D eigenvalue weighted by Gasteiger charge is 2.49. The zero-order chi connectivity index (χ0) is 18.0. The van der Waals surface area contributed by atoms with Gasteiger partial charge in [-0.15, -0.1) is 12.4 Å². The molecule has 0 bridgehead atoms. The third-order valence-corrected chi connectivity index (χ3v) is 6.01. The molecular formula is C21H28ClN3O2. The van der Waals surface area contributed by atoms with E-state index in [-0.39, 0.29) is 23.7 Å². The summed E-state index contributed by atoms with van der Waals surface area (Å²) in [6, 6.07) is 8.13. The molecule has 1 amide bonds. The molecule has 1 saturated heterocycles. The molecule has 146 valence electrons. The Bertz CT molecular complexity index is 774. The zero-order valence-corrected chi connectivity index (χ0v) is 16.6. The van der Waals surface area contributed by atoms with Gasteiger partial charge in [-0.2, -0.15) is 0 Å². The number of nitrogens with one attached hydrogen (secondary N) is 2. The first-order chi connectivity index (χ1) is 12.7. The van der Waals surface area contributed by atoms with Gasteiger partial charge in [0.1, 0.15) is 6.26 Å². The number of benzene rings is 1. The Hall–Kier alpha value is -1.85. The fourth-order valence-electron chi connectivity index (χ4n) is 4.42. The van der Waals surface area contributed by atoms with E-state index in [1.165, 1.54) is 18.4 Å². The summed E-state index contributed by atoms with van der Waals surface area (Å²) in [5.74, 6) is 1.35. The molecule has 2 aliphatic rings. The molecule has 4 rings (SSSR count). The van der Waals surface area contributed by atoms with E-state index in [1.807, 2.05) is 12.1 Å². The third-order valence-electron chi connectivity index (χ3n) is 6.01. The molecular weight excluding hydrogens is 362 g/mol. The maximum absolute atomic E-state index is 12.9. The number of aromatic nitrogens is 1. The van der Waals surface area contributed by atoms with Crippen molar-refractivity contribution in [2.24, 2.45) is 11.3 Å². The van der Waals surface area contributed by atoms with E-state index in [9.17, 15) is 4.79 Å². The maximum atomic E-state index is 12.9. The van der Waals surface area contributed by atoms with Gasteiger partial charge in [0.2, 0.25) is 11.8 Å². The summed E-state index contributed by atoms with van der Waals surface area (Å²) in [4.78, 5) is 17.4. The van der Waals surface area contributed by atoms with Gasteiger partial charge in [0.05, 0.1) is 11.1 Å². The average molecular weight is 390 g/mol. The van der Waals surface area contributed by atoms with Crippen LogP contribution in [0.15, 0.2) is 34.9 Å². The molecule has 2 aromatic rings. The number of oxazole rings is 1. The van der Waals surface area contributed by atoms with Crippen LogP contribution < -0.4 is 10.6 Å². The van der Waals surface area contributed by atoms with Crippen molar-refractivity contribution in [1.29, 1.82) is 0 Å². The van der Waals surface area contributed by atoms with E-state index >= 15 is 0 Å². The van der Waals surface area contributed by atoms with Gasteiger partial charge in [-0.3, -0.25) is 4.79 Å². The topological polar surface area (TPSA) is 67.2 Å². The molecule has 27 heavy (non-hydrogen) atoms. The van der Waals surface area contributed by atoms with E-state index in [0.29, 0.717) is 24.8 Å². The minimum atomic E-state index is -0.185. The van der Waals surface area contributed by atoms with Crippen LogP contribution in [-0.4, -0.2) is 30.5 Å². The predicted molar refractivity (Wildman–Crippen MR) is 108 cm³/mol. The fraction of sp³-hybridized carbons (Fsp3) is 0.524. The first kappa shape index (κ1) is 19.9. The van der Waals surface area contributed by atoms with Crippen molar-refractivity contribution in [2.75, 3.05) is 19.6 Å². The largest absolute Gasteiger partial charge is 0.444 e. The molecule has 2 N–H and O–H groups in total. The van der Waals surface area contributed by atoms with Crippen LogP contribution in [0.3, 0.4) is 0 Å². The van der Waals surface area contributed by atoms with Crippen LogP contribution in [0, 0.1) is 18.3 Å². The summed E-state index contributed by atoms with van der Waals surface area (Å²) in [6.07, 6.45) is 6.98. The molecule has 1 aromatic heterocycles. The van der Waals surface area contributed by atoms with Crippen molar-refractivity contribution in [2.45, 2.75) is 39.0 Å². The number of hydrogen-bond acceptors (Lipinski definition) is 4. The van der Waals surface area contributed by atoms with Gasteiger partial charge in [-0.25, -0.2) is 4.98 Å². The van der Waals surface area contributed by atoms with Crippen molar-refractivity contribution in [3.05, 3.63) is 41.8 Å². The number of carbonyl (C=O) groups excluding carboxylic acids is 1. The summed E-state index contributed by atoms with van der Waals surface area (Å²) in [5, 5.41) is 6.59. The number of hydrogen-bond donors (Lipinski definition) is 2. The summed E-state index contributed by atoms with van der Waals surface area (Å²) in [6.45, 7) is 4.47. The van der Waals surface area contributed by atoms with Crippen LogP contribution >= 0.6 is 12.4 Å². The first-order valence-electron chi connectivity index (χ1n) is 9.68. The van der Waals surface area contributed by atoms with Gasteiger partial charge in [-0.05, 0) is 44.4 Å². The Balaban J connectivity index is 0.00000210. The van der Waals surface area contributed by atoms with Crippen molar-refractivity contribution in [1.82, 2.24) is 15.6 Å². The number of carbonyl (C=O) groups is 1. The minimum absolute atomic E-state index is 0. The van der Waals surface area contributed by atoms with Gasteiger partial charge < -0.3 is 15.1 Å². The third kappa shape index (κ3) is 4.04. The quantitative estimate of drug-likeness (QED) is 0.821. The Labute approximate surface area is 166 Å². The first-order valence-corrected chi connectivity index (χ1v) is 9.68. The lowest BCUT2D eigenvalue weighted by atomic mass is 9.67. The molecule has 1 aromatic carbocycles. The Morgan fingerprint density at radius 1 is 1.33 bits per heavy atom. The second-order valence-electron chi connectivity index (χ2n) is 7.75. The second kappa shape index (κ2) is 8.44. The van der Waals surface area contributed by atoms with E-state index in [0.717, 1.165) is 37.2 Å². The number of halogens is 1. The van der Waals surface area contributed by atoms with Crippen molar-refractivity contribution in [3.8, 4) is 11.5 Å². The van der Waals surface area contributed by atoms with Crippen molar-refractivity contribution < 1.29 is 9.21 Å². The predicted octanol–water partition coefficient (Wildman–Crippen LogP) is 3.51. The van der Waals surface area contributed by atoms with Crippen LogP contribution in [-0.2, 0) is 11.2 Å². The van der Waals surface area contributed by atoms with Gasteiger partial charge in [-0.1, -0.05) is 30.5 Å². The highest BCUT2D eigenvalue weighted by molar-refractivity contribution is 5.85. The highest BCUT2D eigenvalue weighted by Crippen LogP contribution is 2.43. The van der Waals surface area contributed by atoms with Crippen LogP contribution in [0.2, 0.25) is 0 Å². The molecule has 2 heterocycles. The van der Waals surface area contributed by atoms with Crippen LogP contribution in [0.1, 0.15) is 36.9 Å². The van der Waals surface area contributed by atoms with E-state index in [2.05, 4.69) is 34.7 Å². The van der Waals surface area contributed by atoms with E-state index in [4.69, 9.17) is 4.42 Å². The van der Waals surface area contributed by atoms with Gasteiger partial charge in [0, 0.05) is 25.1 Å². The highest BCUT2D eigenvalue weighted by atomic mass is 35.5. The van der Waals surface area contributed by atoms with E-state index < -0.39 is 0 Å². The SMILES string of the molecule is Cc1ccc(-c2nc(CCNC(=O)[C@@]34CCCC[C@H]3CNC4)co2)cc1.Cl. The number of amides is 1. The molecule has 0 spiro atoms. The van der Waals surface area contributed by atoms with Gasteiger partial charge >= 0.3 is 0 Å². The molecule has 1 saturated carbocycles. The van der Waals surface area contributed by atoms with Crippen molar-refractivity contribution >= 4 is 18.3 Å². The minimum Gasteiger partial charge on any atom is -0.444 e. The van der Waals surface area contributed by atoms with Crippen LogP contribution in [0.4, 0.5) is 0 Å². The lowest BCUT2D eigenvalue weighted by molar-refractivity contribution is -0.133. The lowest BCUT2D eigenvalue weighted by Crippen LogP contribution is -2.48. The summed E-state index contributed by atoms with van der Waals surface area (Å²) in [5.41, 5.74) is 2.88. The number of rotatable bonds is 5. The number of nitrogens with zero attached hydrogens (tertiary/aromatic N) is 1. The summed E-state index contributed by atoms with van der Waals surface area (Å²) >= 11 is 0. The lowest BCUT2D eigenvalue weighted by Gasteiger charge is -2.37. The van der Waals surface area contributed by atoms with Gasteiger partial charge in [0.15, 0.2) is 0 Å².